The third-order valence-corrected chi connectivity index (χ3v) is 8.14. The lowest BCUT2D eigenvalue weighted by Gasteiger charge is -2.14. The number of ether oxygens (including phenoxy) is 2. The second-order valence-electron chi connectivity index (χ2n) is 11.9. The van der Waals surface area contributed by atoms with Crippen molar-refractivity contribution in [3.05, 3.63) is 107 Å². The molecule has 0 spiro atoms. The molecule has 0 aliphatic rings. The topological polar surface area (TPSA) is 91.6 Å². The van der Waals surface area contributed by atoms with E-state index in [1.54, 1.807) is 84.9 Å². The number of unbranched alkanes of at least 4 members (excludes halogenated alkanes) is 13. The van der Waals surface area contributed by atoms with Gasteiger partial charge in [0.05, 0.1) is 12.3 Å². The third kappa shape index (κ3) is 11.6. The molecule has 0 aliphatic carbocycles. The van der Waals surface area contributed by atoms with Crippen LogP contribution in [0.3, 0.4) is 0 Å². The number of aromatic nitrogens is 2. The second-order valence-corrected chi connectivity index (χ2v) is 11.9. The van der Waals surface area contributed by atoms with Crippen molar-refractivity contribution in [3.63, 3.8) is 0 Å². The fourth-order valence-electron chi connectivity index (χ4n) is 5.54. The van der Waals surface area contributed by atoms with Crippen LogP contribution in [0.5, 0.6) is 11.5 Å². The van der Waals surface area contributed by atoms with Crippen molar-refractivity contribution in [2.24, 2.45) is 0 Å². The van der Waals surface area contributed by atoms with Crippen LogP contribution < -0.4 is 20.3 Å². The van der Waals surface area contributed by atoms with Gasteiger partial charge in [0.2, 0.25) is 0 Å². The first-order chi connectivity index (χ1) is 23.1. The van der Waals surface area contributed by atoms with Crippen LogP contribution in [0.25, 0.3) is 5.69 Å². The van der Waals surface area contributed by atoms with Gasteiger partial charge in [0.25, 0.3) is 11.5 Å². The molecule has 0 atom stereocenters. The zero-order valence-corrected chi connectivity index (χ0v) is 27.7. The van der Waals surface area contributed by atoms with E-state index in [0.717, 1.165) is 22.2 Å². The zero-order valence-electron chi connectivity index (χ0n) is 27.7. The minimum absolute atomic E-state index is 0.0112. The summed E-state index contributed by atoms with van der Waals surface area (Å²) >= 11 is 0. The monoisotopic (exact) mass is 639 g/mol. The molecule has 8 nitrogen and oxygen atoms in total. The standard InChI is InChI=1S/C39H49N3O5/c1-2-3-4-5-6-7-8-9-10-11-12-13-14-21-30-46-34-28-26-32(27-29-34)38(44)40-36-31-37(43)41(33-22-17-15-18-23-33)42(36)39(45)47-35-24-19-16-20-25-35/h15-20,22-29,31H,2-14,21,30H2,1H3,(H,40,44). The van der Waals surface area contributed by atoms with E-state index in [2.05, 4.69) is 12.2 Å². The Labute approximate surface area is 278 Å². The number of carbonyl (C=O) groups excluding carboxylic acids is 2. The summed E-state index contributed by atoms with van der Waals surface area (Å²) in [7, 11) is 0. The number of benzene rings is 3. The van der Waals surface area contributed by atoms with Crippen molar-refractivity contribution in [2.75, 3.05) is 11.9 Å². The minimum Gasteiger partial charge on any atom is -0.494 e. The van der Waals surface area contributed by atoms with Gasteiger partial charge in [0.1, 0.15) is 17.3 Å². The van der Waals surface area contributed by atoms with Gasteiger partial charge in [-0.1, -0.05) is 127 Å². The van der Waals surface area contributed by atoms with E-state index in [9.17, 15) is 14.4 Å². The number of anilines is 1. The molecule has 47 heavy (non-hydrogen) atoms. The Kier molecular flexibility index (Phi) is 14.9. The number of nitrogens with one attached hydrogen (secondary N) is 1. The number of amides is 1. The van der Waals surface area contributed by atoms with Gasteiger partial charge < -0.3 is 14.8 Å². The van der Waals surface area contributed by atoms with E-state index >= 15 is 0 Å². The second kappa shape index (κ2) is 19.8. The average Bonchev–Trinajstić information content (AvgIpc) is 3.42. The van der Waals surface area contributed by atoms with Gasteiger partial charge in [-0.3, -0.25) is 9.59 Å². The summed E-state index contributed by atoms with van der Waals surface area (Å²) in [5.74, 6) is 0.507. The molecule has 0 saturated carbocycles. The van der Waals surface area contributed by atoms with E-state index < -0.39 is 17.6 Å². The van der Waals surface area contributed by atoms with Gasteiger partial charge in [-0.15, -0.1) is 0 Å². The van der Waals surface area contributed by atoms with Crippen molar-refractivity contribution in [2.45, 2.75) is 96.8 Å². The van der Waals surface area contributed by atoms with Gasteiger partial charge in [0, 0.05) is 11.6 Å². The summed E-state index contributed by atoms with van der Waals surface area (Å²) in [6.07, 6.45) is 17.5. The van der Waals surface area contributed by atoms with Crippen LogP contribution in [-0.2, 0) is 0 Å². The SMILES string of the molecule is CCCCCCCCCCCCCCCCOc1ccc(C(=O)Nc2cc(=O)n(-c3ccccc3)n2C(=O)Oc2ccccc2)cc1. The van der Waals surface area contributed by atoms with Crippen molar-refractivity contribution >= 4 is 17.8 Å². The Bertz CT molecular complexity index is 1550. The molecule has 0 aliphatic heterocycles. The van der Waals surface area contributed by atoms with E-state index in [1.165, 1.54) is 83.1 Å². The van der Waals surface area contributed by atoms with Crippen molar-refractivity contribution in [1.29, 1.82) is 0 Å². The molecule has 0 bridgehead atoms. The van der Waals surface area contributed by atoms with Crippen molar-refractivity contribution in [1.82, 2.24) is 9.36 Å². The lowest BCUT2D eigenvalue weighted by Crippen LogP contribution is -2.30. The van der Waals surface area contributed by atoms with Crippen LogP contribution >= 0.6 is 0 Å². The number of hydrogen-bond acceptors (Lipinski definition) is 5. The molecule has 0 unspecified atom stereocenters. The fourth-order valence-corrected chi connectivity index (χ4v) is 5.54. The number of rotatable bonds is 20. The van der Waals surface area contributed by atoms with E-state index in [0.29, 0.717) is 29.4 Å². The van der Waals surface area contributed by atoms with Gasteiger partial charge in [-0.2, -0.15) is 4.68 Å². The molecule has 8 heteroatoms. The molecule has 3 aromatic carbocycles. The molecule has 1 heterocycles. The van der Waals surface area contributed by atoms with Crippen LogP contribution in [0.4, 0.5) is 10.6 Å². The van der Waals surface area contributed by atoms with Crippen LogP contribution in [0, 0.1) is 0 Å². The highest BCUT2D eigenvalue weighted by Gasteiger charge is 2.22. The number of carbonyl (C=O) groups is 2. The quantitative estimate of drug-likeness (QED) is 0.0972. The molecule has 1 aromatic heterocycles. The zero-order chi connectivity index (χ0) is 33.1. The van der Waals surface area contributed by atoms with Crippen LogP contribution in [0.1, 0.15) is 107 Å². The minimum atomic E-state index is -0.843. The van der Waals surface area contributed by atoms with E-state index in [4.69, 9.17) is 9.47 Å². The third-order valence-electron chi connectivity index (χ3n) is 8.14. The molecule has 1 amide bonds. The lowest BCUT2D eigenvalue weighted by molar-refractivity contribution is 0.102. The van der Waals surface area contributed by atoms with Crippen LogP contribution in [0.15, 0.2) is 95.8 Å². The highest BCUT2D eigenvalue weighted by atomic mass is 16.6. The fraction of sp³-hybridized carbons (Fsp3) is 0.410. The van der Waals surface area contributed by atoms with E-state index in [1.807, 2.05) is 0 Å². The summed E-state index contributed by atoms with van der Waals surface area (Å²) in [6, 6.07) is 25.3. The summed E-state index contributed by atoms with van der Waals surface area (Å²) < 4.78 is 13.6. The van der Waals surface area contributed by atoms with Gasteiger partial charge in [-0.05, 0) is 55.0 Å². The molecular formula is C39H49N3O5. The Morgan fingerprint density at radius 1 is 0.638 bits per heavy atom. The summed E-state index contributed by atoms with van der Waals surface area (Å²) in [5.41, 5.74) is 0.309. The van der Waals surface area contributed by atoms with Crippen LogP contribution in [0.2, 0.25) is 0 Å². The normalized spacial score (nSPS) is 10.9. The lowest BCUT2D eigenvalue weighted by atomic mass is 10.0. The summed E-state index contributed by atoms with van der Waals surface area (Å²) in [4.78, 5) is 39.5. The number of nitrogens with zero attached hydrogens (tertiary/aromatic N) is 2. The first kappa shape index (κ1) is 35.3. The maximum Gasteiger partial charge on any atom is 0.440 e. The summed E-state index contributed by atoms with van der Waals surface area (Å²) in [6.45, 7) is 2.90. The Balaban J connectivity index is 1.22. The molecule has 0 radical (unpaired) electrons. The maximum absolute atomic E-state index is 13.3. The van der Waals surface area contributed by atoms with Gasteiger partial charge >= 0.3 is 6.09 Å². The Morgan fingerprint density at radius 2 is 1.17 bits per heavy atom. The summed E-state index contributed by atoms with van der Waals surface area (Å²) in [5, 5.41) is 2.71. The molecule has 250 valence electrons. The van der Waals surface area contributed by atoms with Gasteiger partial charge in [0.15, 0.2) is 0 Å². The average molecular weight is 640 g/mol. The molecule has 4 rings (SSSR count). The molecular weight excluding hydrogens is 590 g/mol. The first-order valence-corrected chi connectivity index (χ1v) is 17.3. The largest absolute Gasteiger partial charge is 0.494 e. The first-order valence-electron chi connectivity index (χ1n) is 17.3. The highest BCUT2D eigenvalue weighted by Crippen LogP contribution is 2.19. The Hall–Kier alpha value is -4.59. The highest BCUT2D eigenvalue weighted by molar-refractivity contribution is 6.04. The van der Waals surface area contributed by atoms with Crippen molar-refractivity contribution in [3.8, 4) is 17.2 Å². The molecule has 1 N–H and O–H groups in total. The Morgan fingerprint density at radius 3 is 1.74 bits per heavy atom. The molecule has 0 saturated heterocycles. The maximum atomic E-state index is 13.3. The van der Waals surface area contributed by atoms with E-state index in [-0.39, 0.29) is 5.82 Å². The molecule has 0 fully saturated rings. The predicted octanol–water partition coefficient (Wildman–Crippen LogP) is 9.80. The van der Waals surface area contributed by atoms with Gasteiger partial charge in [-0.25, -0.2) is 9.48 Å². The smallest absolute Gasteiger partial charge is 0.440 e. The number of hydrogen-bond donors (Lipinski definition) is 1. The van der Waals surface area contributed by atoms with Crippen LogP contribution in [-0.4, -0.2) is 28.0 Å². The predicted molar refractivity (Wildman–Crippen MR) is 188 cm³/mol. The van der Waals surface area contributed by atoms with Crippen molar-refractivity contribution < 1.29 is 19.1 Å². The molecule has 4 aromatic rings. The number of para-hydroxylation sites is 2.